The maximum absolute atomic E-state index is 13.3. The van der Waals surface area contributed by atoms with E-state index < -0.39 is 34.8 Å². The Balaban J connectivity index is 2.04. The molecule has 0 aliphatic rings. The largest absolute Gasteiger partial charge is 0.497 e. The van der Waals surface area contributed by atoms with E-state index in [0.717, 1.165) is 5.56 Å². The Bertz CT molecular complexity index is 1120. The van der Waals surface area contributed by atoms with E-state index in [1.807, 2.05) is 44.2 Å². The molecule has 0 saturated carbocycles. The Morgan fingerprint density at radius 1 is 0.897 bits per heavy atom. The van der Waals surface area contributed by atoms with Gasteiger partial charge in [-0.25, -0.2) is 4.79 Å². The Hall–Kier alpha value is -3.86. The number of urea groups is 1. The number of hydrogen-bond acceptors (Lipinski definition) is 6. The molecule has 0 saturated heterocycles. The number of ketones is 1. The van der Waals surface area contributed by atoms with Gasteiger partial charge in [0.1, 0.15) is 16.7 Å². The summed E-state index contributed by atoms with van der Waals surface area (Å²) in [6.45, 7) is 5.81. The first-order valence-electron chi connectivity index (χ1n) is 12.7. The van der Waals surface area contributed by atoms with Crippen molar-refractivity contribution in [1.82, 2.24) is 21.3 Å². The molecule has 0 spiro atoms. The van der Waals surface area contributed by atoms with Crippen molar-refractivity contribution in [2.24, 2.45) is 5.92 Å². The van der Waals surface area contributed by atoms with Crippen LogP contribution in [0.25, 0.3) is 0 Å². The SMILES string of the molecule is CCC(NC(=O)[C@@]([Si])(CC(C)C)NC(=O)NCc1ccccc1)C(=O)C(=O)NCc1cc(OC)cc(OC)c1. The Morgan fingerprint density at radius 3 is 2.03 bits per heavy atom. The predicted molar refractivity (Wildman–Crippen MR) is 148 cm³/mol. The van der Waals surface area contributed by atoms with Gasteiger partial charge in [0.15, 0.2) is 0 Å². The van der Waals surface area contributed by atoms with Gasteiger partial charge in [-0.15, -0.1) is 0 Å². The van der Waals surface area contributed by atoms with Crippen molar-refractivity contribution in [3.8, 4) is 11.5 Å². The quantitative estimate of drug-likeness (QED) is 0.209. The van der Waals surface area contributed by atoms with E-state index in [1.54, 1.807) is 25.1 Å². The van der Waals surface area contributed by atoms with Crippen LogP contribution in [-0.4, -0.2) is 59.3 Å². The highest BCUT2D eigenvalue weighted by atomic mass is 28.1. The minimum absolute atomic E-state index is 0.0154. The molecule has 3 radical (unpaired) electrons. The molecule has 2 rings (SSSR count). The van der Waals surface area contributed by atoms with Crippen molar-refractivity contribution in [3.63, 3.8) is 0 Å². The number of benzene rings is 2. The topological polar surface area (TPSA) is 135 Å². The van der Waals surface area contributed by atoms with E-state index in [9.17, 15) is 19.2 Å². The first-order chi connectivity index (χ1) is 18.5. The summed E-state index contributed by atoms with van der Waals surface area (Å²) in [4.78, 5) is 51.5. The fourth-order valence-electron chi connectivity index (χ4n) is 3.86. The zero-order valence-electron chi connectivity index (χ0n) is 23.1. The van der Waals surface area contributed by atoms with Gasteiger partial charge in [0.25, 0.3) is 5.91 Å². The van der Waals surface area contributed by atoms with Gasteiger partial charge in [-0.05, 0) is 42.0 Å². The second-order valence-corrected chi connectivity index (χ2v) is 10.4. The first-order valence-corrected chi connectivity index (χ1v) is 13.2. The van der Waals surface area contributed by atoms with Crippen LogP contribution in [0.4, 0.5) is 4.79 Å². The third-order valence-corrected chi connectivity index (χ3v) is 6.40. The third-order valence-electron chi connectivity index (χ3n) is 5.84. The Morgan fingerprint density at radius 2 is 1.49 bits per heavy atom. The highest BCUT2D eigenvalue weighted by Gasteiger charge is 2.38. The van der Waals surface area contributed by atoms with E-state index in [4.69, 9.17) is 9.47 Å². The maximum atomic E-state index is 13.3. The van der Waals surface area contributed by atoms with E-state index in [1.165, 1.54) is 14.2 Å². The van der Waals surface area contributed by atoms with Gasteiger partial charge < -0.3 is 30.7 Å². The lowest BCUT2D eigenvalue weighted by molar-refractivity contribution is -0.140. The van der Waals surface area contributed by atoms with Crippen molar-refractivity contribution >= 4 is 33.9 Å². The monoisotopic (exact) mass is 553 g/mol. The molecule has 4 amide bonds. The summed E-state index contributed by atoms with van der Waals surface area (Å²) in [6.07, 6.45) is 0.415. The molecule has 4 N–H and O–H groups in total. The van der Waals surface area contributed by atoms with E-state index >= 15 is 0 Å². The highest BCUT2D eigenvalue weighted by molar-refractivity contribution is 6.39. The number of nitrogens with one attached hydrogen (secondary N) is 4. The Kier molecular flexibility index (Phi) is 12.0. The van der Waals surface area contributed by atoms with E-state index in [-0.39, 0.29) is 31.8 Å². The van der Waals surface area contributed by atoms with Crippen LogP contribution in [-0.2, 0) is 27.5 Å². The lowest BCUT2D eigenvalue weighted by atomic mass is 10.0. The van der Waals surface area contributed by atoms with Gasteiger partial charge in [0.05, 0.1) is 30.5 Å². The summed E-state index contributed by atoms with van der Waals surface area (Å²) in [6, 6.07) is 12.8. The molecule has 0 bridgehead atoms. The van der Waals surface area contributed by atoms with E-state index in [2.05, 4.69) is 31.5 Å². The van der Waals surface area contributed by atoms with Crippen LogP contribution in [0.2, 0.25) is 0 Å². The highest BCUT2D eigenvalue weighted by Crippen LogP contribution is 2.22. The maximum Gasteiger partial charge on any atom is 0.315 e. The minimum Gasteiger partial charge on any atom is -0.497 e. The zero-order valence-corrected chi connectivity index (χ0v) is 24.1. The molecule has 209 valence electrons. The molecular weight excluding hydrogens is 516 g/mol. The van der Waals surface area contributed by atoms with Crippen molar-refractivity contribution in [1.29, 1.82) is 0 Å². The summed E-state index contributed by atoms with van der Waals surface area (Å²) in [5.74, 6) is -1.17. The molecule has 0 aromatic heterocycles. The van der Waals surface area contributed by atoms with Crippen molar-refractivity contribution < 1.29 is 28.7 Å². The lowest BCUT2D eigenvalue weighted by Gasteiger charge is -2.32. The fourth-order valence-corrected chi connectivity index (χ4v) is 4.45. The molecule has 11 heteroatoms. The van der Waals surface area contributed by atoms with Crippen molar-refractivity contribution in [2.45, 2.75) is 57.9 Å². The third kappa shape index (κ3) is 9.75. The fraction of sp³-hybridized carbons (Fsp3) is 0.429. The van der Waals surface area contributed by atoms with Gasteiger partial charge in [-0.1, -0.05) is 51.1 Å². The zero-order chi connectivity index (χ0) is 29.0. The second kappa shape index (κ2) is 14.9. The molecular formula is C28H37N4O6Si. The van der Waals surface area contributed by atoms with Crippen LogP contribution in [0.5, 0.6) is 11.5 Å². The average Bonchev–Trinajstić information content (AvgIpc) is 2.92. The molecule has 2 aromatic carbocycles. The van der Waals surface area contributed by atoms with Crippen LogP contribution in [0.1, 0.15) is 44.7 Å². The molecule has 2 atom stereocenters. The molecule has 0 aliphatic carbocycles. The second-order valence-electron chi connectivity index (χ2n) is 9.50. The van der Waals surface area contributed by atoms with Gasteiger partial charge in [-0.2, -0.15) is 0 Å². The number of hydrogen-bond donors (Lipinski definition) is 4. The van der Waals surface area contributed by atoms with Gasteiger partial charge in [-0.3, -0.25) is 14.4 Å². The van der Waals surface area contributed by atoms with Crippen LogP contribution in [0.3, 0.4) is 0 Å². The minimum atomic E-state index is -1.50. The number of ether oxygens (including phenoxy) is 2. The molecule has 10 nitrogen and oxygen atoms in total. The molecule has 0 aliphatic heterocycles. The number of carbonyl (C=O) groups is 4. The summed E-state index contributed by atoms with van der Waals surface area (Å²) in [5, 5.41) is 9.11. The van der Waals surface area contributed by atoms with Gasteiger partial charge >= 0.3 is 6.03 Å². The number of amides is 4. The van der Waals surface area contributed by atoms with Crippen molar-refractivity contribution in [2.75, 3.05) is 14.2 Å². The smallest absolute Gasteiger partial charge is 0.315 e. The average molecular weight is 554 g/mol. The predicted octanol–water partition coefficient (Wildman–Crippen LogP) is 2.19. The molecule has 0 fully saturated rings. The summed E-state index contributed by atoms with van der Waals surface area (Å²) < 4.78 is 10.5. The van der Waals surface area contributed by atoms with Crippen LogP contribution < -0.4 is 30.7 Å². The summed E-state index contributed by atoms with van der Waals surface area (Å²) >= 11 is 0. The van der Waals surface area contributed by atoms with E-state index in [0.29, 0.717) is 17.1 Å². The molecule has 1 unspecified atom stereocenters. The number of Topliss-reactive ketones (excluding diaryl/α,β-unsaturated/α-hetero) is 1. The Labute approximate surface area is 233 Å². The lowest BCUT2D eigenvalue weighted by Crippen LogP contribution is -2.64. The van der Waals surface area contributed by atoms with Crippen LogP contribution in [0, 0.1) is 5.92 Å². The van der Waals surface area contributed by atoms with Gasteiger partial charge in [0, 0.05) is 19.2 Å². The first kappa shape index (κ1) is 31.4. The molecule has 39 heavy (non-hydrogen) atoms. The van der Waals surface area contributed by atoms with Crippen LogP contribution >= 0.6 is 0 Å². The number of methoxy groups -OCH3 is 2. The normalized spacial score (nSPS) is 13.0. The number of rotatable bonds is 14. The molecule has 0 heterocycles. The van der Waals surface area contributed by atoms with Crippen molar-refractivity contribution in [3.05, 3.63) is 59.7 Å². The standard InChI is InChI=1S/C28H37N4O6Si/c1-6-23(24(33)25(34)29-17-20-12-21(37-4)14-22(13-20)38-5)31-26(35)28(39,15-18(2)3)32-27(36)30-16-19-10-8-7-9-11-19/h7-14,18,23H,6,15-17H2,1-5H3,(H,29,34)(H,31,35)(H2,30,32,36)/t23?,28-/m0/s1. The number of carbonyl (C=O) groups excluding carboxylic acids is 4. The summed E-state index contributed by atoms with van der Waals surface area (Å²) in [7, 11) is 6.48. The summed E-state index contributed by atoms with van der Waals surface area (Å²) in [5.41, 5.74) is 1.57. The molecule has 2 aromatic rings. The van der Waals surface area contributed by atoms with Gasteiger partial charge in [0.2, 0.25) is 11.7 Å². The van der Waals surface area contributed by atoms with Crippen LogP contribution in [0.15, 0.2) is 48.5 Å².